The van der Waals surface area contributed by atoms with E-state index in [2.05, 4.69) is 0 Å². The zero-order chi connectivity index (χ0) is 5.11. The smallest absolute Gasteiger partial charge is 0.267 e. The summed E-state index contributed by atoms with van der Waals surface area (Å²) in [6.07, 6.45) is 3.53. The van der Waals surface area contributed by atoms with E-state index in [1.165, 1.54) is 4.09 Å². The third kappa shape index (κ3) is 2.28. The van der Waals surface area contributed by atoms with Gasteiger partial charge in [-0.2, -0.15) is 0 Å². The van der Waals surface area contributed by atoms with Crippen molar-refractivity contribution in [3.8, 4) is 0 Å². The molecule has 0 unspecified atom stereocenters. The fourth-order valence-electron chi connectivity index (χ4n) is 0.378. The van der Waals surface area contributed by atoms with Crippen LogP contribution in [-0.2, 0) is 0 Å². The number of hydrogen-bond donors (Lipinski definition) is 0. The van der Waals surface area contributed by atoms with Gasteiger partial charge in [-0.25, -0.2) is 0 Å². The molecule has 1 nitrogen and oxygen atoms in total. The summed E-state index contributed by atoms with van der Waals surface area (Å²) in [5, 5.41) is 0. The number of aromatic nitrogens is 1. The summed E-state index contributed by atoms with van der Waals surface area (Å²) in [7, 11) is 0. The molecule has 8 heavy (non-hydrogen) atoms. The fourth-order valence-corrected chi connectivity index (χ4v) is 0.508. The van der Waals surface area contributed by atoms with Gasteiger partial charge in [0.2, 0.25) is 0 Å². The summed E-state index contributed by atoms with van der Waals surface area (Å²) in [6.45, 7) is 0. The Morgan fingerprint density at radius 2 is 1.50 bits per heavy atom. The Balaban J connectivity index is 0.000000490. The minimum atomic E-state index is 0. The molecule has 0 bridgehead atoms. The molecule has 0 aliphatic carbocycles. The Kier molecular flexibility index (Phi) is 3.83. The molecule has 0 atom stereocenters. The van der Waals surface area contributed by atoms with Crippen molar-refractivity contribution >= 4 is 11.8 Å². The van der Waals surface area contributed by atoms with Gasteiger partial charge in [-0.3, -0.25) is 0 Å². The van der Waals surface area contributed by atoms with Gasteiger partial charge < -0.3 is 17.0 Å². The van der Waals surface area contributed by atoms with Crippen molar-refractivity contribution in [3.63, 3.8) is 0 Å². The van der Waals surface area contributed by atoms with E-state index in [4.69, 9.17) is 11.8 Å². The maximum absolute atomic E-state index is 5.46. The van der Waals surface area contributed by atoms with Crippen molar-refractivity contribution < 1.29 is 21.1 Å². The maximum atomic E-state index is 5.46. The molecule has 1 rings (SSSR count). The highest BCUT2D eigenvalue weighted by Crippen LogP contribution is 1.75. The molecule has 0 aliphatic rings. The van der Waals surface area contributed by atoms with Gasteiger partial charge in [-0.1, -0.05) is 10.2 Å². The van der Waals surface area contributed by atoms with Gasteiger partial charge in [0.15, 0.2) is 12.4 Å². The van der Waals surface area contributed by atoms with Crippen LogP contribution in [0.3, 0.4) is 0 Å². The summed E-state index contributed by atoms with van der Waals surface area (Å²) in [4.78, 5) is 0. The summed E-state index contributed by atoms with van der Waals surface area (Å²) < 4.78 is 1.47. The molecule has 44 valence electrons. The highest BCUT2D eigenvalue weighted by molar-refractivity contribution is 6.04. The van der Waals surface area contributed by atoms with Gasteiger partial charge in [0.1, 0.15) is 0 Å². The standard InChI is InChI=1S/C5H5ClN.BrH/c6-7-4-2-1-3-5-7;/h1-5H;1H/q+1;/p-1. The number of pyridine rings is 1. The Morgan fingerprint density at radius 3 is 1.75 bits per heavy atom. The molecule has 0 N–H and O–H groups in total. The third-order valence-corrected chi connectivity index (χ3v) is 0.905. The van der Waals surface area contributed by atoms with Crippen LogP contribution in [-0.4, -0.2) is 0 Å². The number of hydrogen-bond acceptors (Lipinski definition) is 0. The predicted octanol–water partition coefficient (Wildman–Crippen LogP) is -2.02. The van der Waals surface area contributed by atoms with E-state index < -0.39 is 0 Å². The molecule has 0 aliphatic heterocycles. The summed E-state index contributed by atoms with van der Waals surface area (Å²) >= 11 is 5.46. The van der Waals surface area contributed by atoms with Crippen LogP contribution < -0.4 is 21.1 Å². The highest BCUT2D eigenvalue weighted by Gasteiger charge is 1.83. The SMILES string of the molecule is Cl[n+]1ccccc1.[Br-]. The molecule has 0 radical (unpaired) electrons. The van der Waals surface area contributed by atoms with Gasteiger partial charge in [0, 0.05) is 12.1 Å². The Bertz CT molecular complexity index is 142. The van der Waals surface area contributed by atoms with Gasteiger partial charge in [0.05, 0.1) is 0 Å². The topological polar surface area (TPSA) is 3.88 Å². The van der Waals surface area contributed by atoms with Crippen LogP contribution in [0.25, 0.3) is 0 Å². The monoisotopic (exact) mass is 193 g/mol. The first-order valence-electron chi connectivity index (χ1n) is 2.02. The predicted molar refractivity (Wildman–Crippen MR) is 27.9 cm³/mol. The van der Waals surface area contributed by atoms with Crippen molar-refractivity contribution in [2.45, 2.75) is 0 Å². The van der Waals surface area contributed by atoms with Gasteiger partial charge in [-0.05, 0) is 0 Å². The molecule has 1 heterocycles. The molecule has 3 heteroatoms. The van der Waals surface area contributed by atoms with Crippen LogP contribution in [0.4, 0.5) is 0 Å². The quantitative estimate of drug-likeness (QED) is 0.449. The van der Waals surface area contributed by atoms with Crippen LogP contribution >= 0.6 is 11.8 Å². The lowest BCUT2D eigenvalue weighted by Gasteiger charge is -1.72. The number of halogens is 2. The fraction of sp³-hybridized carbons (Fsp3) is 0. The van der Waals surface area contributed by atoms with Crippen molar-refractivity contribution in [2.24, 2.45) is 0 Å². The van der Waals surface area contributed by atoms with Crippen molar-refractivity contribution in [1.29, 1.82) is 0 Å². The van der Waals surface area contributed by atoms with Crippen LogP contribution in [0.2, 0.25) is 0 Å². The van der Waals surface area contributed by atoms with Crippen LogP contribution in [0.5, 0.6) is 0 Å². The molecule has 0 fully saturated rings. The van der Waals surface area contributed by atoms with Crippen LogP contribution in [0.1, 0.15) is 0 Å². The summed E-state index contributed by atoms with van der Waals surface area (Å²) in [5.41, 5.74) is 0. The third-order valence-electron chi connectivity index (χ3n) is 0.679. The minimum Gasteiger partial charge on any atom is -1.00 e. The second-order valence-corrected chi connectivity index (χ2v) is 1.61. The van der Waals surface area contributed by atoms with E-state index in [1.54, 1.807) is 12.4 Å². The van der Waals surface area contributed by atoms with E-state index in [9.17, 15) is 0 Å². The Labute approximate surface area is 63.8 Å². The second kappa shape index (κ2) is 3.87. The lowest BCUT2D eigenvalue weighted by atomic mass is 10.5. The largest absolute Gasteiger partial charge is 1.00 e. The molecular weight excluding hydrogens is 189 g/mol. The lowest BCUT2D eigenvalue weighted by molar-refractivity contribution is -0.519. The van der Waals surface area contributed by atoms with Crippen LogP contribution in [0.15, 0.2) is 30.6 Å². The highest BCUT2D eigenvalue weighted by atomic mass is 79.9. The molecule has 0 aromatic carbocycles. The van der Waals surface area contributed by atoms with Crippen molar-refractivity contribution in [2.75, 3.05) is 0 Å². The van der Waals surface area contributed by atoms with Crippen molar-refractivity contribution in [3.05, 3.63) is 30.6 Å². The molecule has 0 spiro atoms. The van der Waals surface area contributed by atoms with Crippen molar-refractivity contribution in [1.82, 2.24) is 0 Å². The zero-order valence-electron chi connectivity index (χ0n) is 4.09. The Morgan fingerprint density at radius 1 is 1.00 bits per heavy atom. The average Bonchev–Trinajstić information content (AvgIpc) is 1.69. The van der Waals surface area contributed by atoms with E-state index in [0.717, 1.165) is 0 Å². The first kappa shape index (κ1) is 7.92. The van der Waals surface area contributed by atoms with E-state index >= 15 is 0 Å². The normalized spacial score (nSPS) is 7.62. The molecule has 0 amide bonds. The number of rotatable bonds is 0. The van der Waals surface area contributed by atoms with Gasteiger partial charge in [-0.15, -0.1) is 0 Å². The Hall–Kier alpha value is -0.0800. The second-order valence-electron chi connectivity index (χ2n) is 1.22. The molecule has 1 aromatic rings. The first-order chi connectivity index (χ1) is 3.39. The number of nitrogens with zero attached hydrogens (tertiary/aromatic N) is 1. The van der Waals surface area contributed by atoms with Gasteiger partial charge >= 0.3 is 0 Å². The first-order valence-corrected chi connectivity index (χ1v) is 2.36. The summed E-state index contributed by atoms with van der Waals surface area (Å²) in [6, 6.07) is 5.65. The molecule has 0 saturated carbocycles. The maximum Gasteiger partial charge on any atom is 0.267 e. The van der Waals surface area contributed by atoms with E-state index in [0.29, 0.717) is 0 Å². The van der Waals surface area contributed by atoms with Crippen LogP contribution in [0, 0.1) is 0 Å². The molecule has 1 aromatic heterocycles. The molecular formula is C5H5BrClN. The average molecular weight is 194 g/mol. The van der Waals surface area contributed by atoms with E-state index in [-0.39, 0.29) is 17.0 Å². The summed E-state index contributed by atoms with van der Waals surface area (Å²) in [5.74, 6) is 0. The molecule has 0 saturated heterocycles. The van der Waals surface area contributed by atoms with E-state index in [1.807, 2.05) is 18.2 Å². The minimum absolute atomic E-state index is 0. The van der Waals surface area contributed by atoms with Gasteiger partial charge in [0.25, 0.3) is 11.8 Å². The lowest BCUT2D eigenvalue weighted by Crippen LogP contribution is -3.00. The zero-order valence-corrected chi connectivity index (χ0v) is 6.43.